The zero-order chi connectivity index (χ0) is 21.5. The summed E-state index contributed by atoms with van der Waals surface area (Å²) < 4.78 is 10.5. The van der Waals surface area contributed by atoms with E-state index in [2.05, 4.69) is 20.8 Å². The van der Waals surface area contributed by atoms with Crippen molar-refractivity contribution < 1.29 is 19.1 Å². The number of nitrogens with zero attached hydrogens (tertiary/aromatic N) is 2. The van der Waals surface area contributed by atoms with E-state index >= 15 is 0 Å². The predicted molar refractivity (Wildman–Crippen MR) is 119 cm³/mol. The first-order valence-electron chi connectivity index (χ1n) is 9.15. The molecule has 3 rings (SSSR count). The molecule has 1 aliphatic rings. The number of thioether (sulfide) groups is 1. The normalized spacial score (nSPS) is 17.2. The number of carbonyl (C=O) groups is 2. The van der Waals surface area contributed by atoms with Gasteiger partial charge in [0.1, 0.15) is 16.7 Å². The van der Waals surface area contributed by atoms with Gasteiger partial charge in [-0.1, -0.05) is 29.5 Å². The Hall–Kier alpha value is -3.33. The summed E-state index contributed by atoms with van der Waals surface area (Å²) in [4.78, 5) is 24.4. The van der Waals surface area contributed by atoms with E-state index in [-0.39, 0.29) is 18.2 Å². The molecule has 30 heavy (non-hydrogen) atoms. The molecule has 1 atom stereocenters. The first kappa shape index (κ1) is 21.4. The largest absolute Gasteiger partial charge is 0.497 e. The number of anilines is 1. The topological polar surface area (TPSA) is 101 Å². The number of methoxy groups -OCH3 is 2. The van der Waals surface area contributed by atoms with E-state index < -0.39 is 5.25 Å². The maximum Gasteiger partial charge on any atom is 0.240 e. The van der Waals surface area contributed by atoms with Gasteiger partial charge in [0.15, 0.2) is 5.17 Å². The fourth-order valence-corrected chi connectivity index (χ4v) is 3.60. The number of aryl methyl sites for hydroxylation is 1. The minimum atomic E-state index is -0.556. The lowest BCUT2D eigenvalue weighted by atomic mass is 10.2. The molecule has 0 spiro atoms. The van der Waals surface area contributed by atoms with Gasteiger partial charge in [0.2, 0.25) is 11.8 Å². The molecular formula is C21H22N4O4S. The van der Waals surface area contributed by atoms with E-state index in [1.165, 1.54) is 18.0 Å². The average molecular weight is 426 g/mol. The molecule has 2 aromatic carbocycles. The lowest BCUT2D eigenvalue weighted by Gasteiger charge is -2.07. The van der Waals surface area contributed by atoms with E-state index in [4.69, 9.17) is 9.47 Å². The molecule has 1 fully saturated rings. The maximum absolute atomic E-state index is 12.2. The Morgan fingerprint density at radius 1 is 1.20 bits per heavy atom. The lowest BCUT2D eigenvalue weighted by Crippen LogP contribution is -2.28. The summed E-state index contributed by atoms with van der Waals surface area (Å²) in [5, 5.41) is 13.3. The smallest absolute Gasteiger partial charge is 0.240 e. The zero-order valence-corrected chi connectivity index (χ0v) is 17.7. The molecule has 2 N–H and O–H groups in total. The fraction of sp³-hybridized carbons (Fsp3) is 0.238. The van der Waals surface area contributed by atoms with Crippen LogP contribution in [0.3, 0.4) is 0 Å². The van der Waals surface area contributed by atoms with Gasteiger partial charge in [-0.3, -0.25) is 9.59 Å². The van der Waals surface area contributed by atoms with Gasteiger partial charge in [0.05, 0.1) is 20.4 Å². The van der Waals surface area contributed by atoms with Crippen LogP contribution < -0.4 is 20.1 Å². The molecule has 0 aromatic heterocycles. The van der Waals surface area contributed by atoms with Gasteiger partial charge in [-0.25, -0.2) is 0 Å². The number of amides is 2. The molecule has 9 heteroatoms. The van der Waals surface area contributed by atoms with Crippen molar-refractivity contribution in [2.24, 2.45) is 10.2 Å². The highest BCUT2D eigenvalue weighted by Crippen LogP contribution is 2.25. The molecule has 1 aliphatic heterocycles. The van der Waals surface area contributed by atoms with Crippen molar-refractivity contribution in [3.8, 4) is 11.5 Å². The van der Waals surface area contributed by atoms with Gasteiger partial charge in [-0.2, -0.15) is 5.10 Å². The van der Waals surface area contributed by atoms with E-state index in [0.717, 1.165) is 5.56 Å². The van der Waals surface area contributed by atoms with Gasteiger partial charge in [-0.05, 0) is 31.2 Å². The molecule has 8 nitrogen and oxygen atoms in total. The van der Waals surface area contributed by atoms with Crippen LogP contribution in [0.4, 0.5) is 5.69 Å². The number of hydrogen-bond donors (Lipinski definition) is 2. The van der Waals surface area contributed by atoms with Crippen LogP contribution in [0, 0.1) is 6.92 Å². The predicted octanol–water partition coefficient (Wildman–Crippen LogP) is 2.96. The number of nitrogens with one attached hydrogen (secondary N) is 2. The SMILES string of the molecule is COc1ccc(C=NN=C2NC(=O)C(CC(=O)Nc3ccc(C)cc3)S2)c(OC)c1. The van der Waals surface area contributed by atoms with Crippen molar-refractivity contribution in [1.82, 2.24) is 5.32 Å². The summed E-state index contributed by atoms with van der Waals surface area (Å²) in [5.41, 5.74) is 2.51. The zero-order valence-electron chi connectivity index (χ0n) is 16.8. The summed E-state index contributed by atoms with van der Waals surface area (Å²) in [6.45, 7) is 1.97. The first-order chi connectivity index (χ1) is 14.5. The molecule has 2 aromatic rings. The third-order valence-corrected chi connectivity index (χ3v) is 5.34. The van der Waals surface area contributed by atoms with E-state index in [0.29, 0.717) is 27.9 Å². The molecule has 1 unspecified atom stereocenters. The van der Waals surface area contributed by atoms with Gasteiger partial charge in [-0.15, -0.1) is 5.10 Å². The highest BCUT2D eigenvalue weighted by Gasteiger charge is 2.32. The minimum Gasteiger partial charge on any atom is -0.497 e. The summed E-state index contributed by atoms with van der Waals surface area (Å²) in [6, 6.07) is 12.8. The molecule has 0 radical (unpaired) electrons. The van der Waals surface area contributed by atoms with Gasteiger partial charge in [0, 0.05) is 23.7 Å². The first-order valence-corrected chi connectivity index (χ1v) is 10.0. The van der Waals surface area contributed by atoms with E-state index in [1.807, 2.05) is 31.2 Å². The number of hydrogen-bond acceptors (Lipinski definition) is 7. The van der Waals surface area contributed by atoms with Gasteiger partial charge >= 0.3 is 0 Å². The quantitative estimate of drug-likeness (QED) is 0.524. The maximum atomic E-state index is 12.2. The Balaban J connectivity index is 1.58. The van der Waals surface area contributed by atoms with Crippen molar-refractivity contribution in [2.45, 2.75) is 18.6 Å². The molecule has 1 heterocycles. The second-order valence-electron chi connectivity index (χ2n) is 6.47. The summed E-state index contributed by atoms with van der Waals surface area (Å²) in [6.07, 6.45) is 1.56. The van der Waals surface area contributed by atoms with Crippen LogP contribution in [0.25, 0.3) is 0 Å². The number of rotatable bonds is 7. The molecule has 1 saturated heterocycles. The van der Waals surface area contributed by atoms with Crippen LogP contribution in [-0.4, -0.2) is 42.7 Å². The Morgan fingerprint density at radius 2 is 1.97 bits per heavy atom. The molecule has 156 valence electrons. The number of carbonyl (C=O) groups excluding carboxylic acids is 2. The van der Waals surface area contributed by atoms with Crippen molar-refractivity contribution in [3.63, 3.8) is 0 Å². The molecule has 2 amide bonds. The number of ether oxygens (including phenoxy) is 2. The average Bonchev–Trinajstić information content (AvgIpc) is 3.08. The Labute approximate surface area is 178 Å². The van der Waals surface area contributed by atoms with E-state index in [1.54, 1.807) is 32.4 Å². The van der Waals surface area contributed by atoms with Gasteiger partial charge in [0.25, 0.3) is 0 Å². The van der Waals surface area contributed by atoms with Crippen LogP contribution in [0.15, 0.2) is 52.7 Å². The van der Waals surface area contributed by atoms with Crippen LogP contribution in [0.5, 0.6) is 11.5 Å². The van der Waals surface area contributed by atoms with Crippen LogP contribution in [-0.2, 0) is 9.59 Å². The third-order valence-electron chi connectivity index (χ3n) is 4.27. The Morgan fingerprint density at radius 3 is 2.67 bits per heavy atom. The van der Waals surface area contributed by atoms with Crippen LogP contribution in [0.1, 0.15) is 17.5 Å². The molecular weight excluding hydrogens is 404 g/mol. The highest BCUT2D eigenvalue weighted by molar-refractivity contribution is 8.15. The van der Waals surface area contributed by atoms with Gasteiger partial charge < -0.3 is 20.1 Å². The van der Waals surface area contributed by atoms with Crippen molar-refractivity contribution in [3.05, 3.63) is 53.6 Å². The summed E-state index contributed by atoms with van der Waals surface area (Å²) in [5.74, 6) is 0.752. The molecule has 0 aliphatic carbocycles. The number of amidine groups is 1. The number of benzene rings is 2. The summed E-state index contributed by atoms with van der Waals surface area (Å²) in [7, 11) is 3.13. The Kier molecular flexibility index (Phi) is 7.08. The second kappa shape index (κ2) is 9.93. The minimum absolute atomic E-state index is 0.0411. The molecule has 0 bridgehead atoms. The lowest BCUT2D eigenvalue weighted by molar-refractivity contribution is -0.122. The van der Waals surface area contributed by atoms with E-state index in [9.17, 15) is 9.59 Å². The third kappa shape index (κ3) is 5.60. The standard InChI is InChI=1S/C21H22N4O4S/c1-13-4-7-15(8-5-13)23-19(26)11-18-20(27)24-21(30-18)25-22-12-14-6-9-16(28-2)10-17(14)29-3/h4-10,12,18H,11H2,1-3H3,(H,23,26)(H,24,25,27). The summed E-state index contributed by atoms with van der Waals surface area (Å²) >= 11 is 1.17. The Bertz CT molecular complexity index is 989. The van der Waals surface area contributed by atoms with Crippen LogP contribution >= 0.6 is 11.8 Å². The fourth-order valence-electron chi connectivity index (χ4n) is 2.67. The molecule has 0 saturated carbocycles. The van der Waals surface area contributed by atoms with Crippen LogP contribution in [0.2, 0.25) is 0 Å². The highest BCUT2D eigenvalue weighted by atomic mass is 32.2. The monoisotopic (exact) mass is 426 g/mol. The van der Waals surface area contributed by atoms with Crippen molar-refractivity contribution in [2.75, 3.05) is 19.5 Å². The second-order valence-corrected chi connectivity index (χ2v) is 7.66. The van der Waals surface area contributed by atoms with Crippen molar-refractivity contribution >= 4 is 40.6 Å². The van der Waals surface area contributed by atoms with Crippen molar-refractivity contribution in [1.29, 1.82) is 0 Å².